The highest BCUT2D eigenvalue weighted by Crippen LogP contribution is 2.48. The van der Waals surface area contributed by atoms with Gasteiger partial charge in [-0.3, -0.25) is 17.8 Å². The number of rotatable bonds is 6. The van der Waals surface area contributed by atoms with E-state index >= 15 is 0 Å². The molecule has 0 aliphatic carbocycles. The van der Waals surface area contributed by atoms with E-state index < -0.39 is 17.9 Å². The average Bonchev–Trinajstić information content (AvgIpc) is 2.30. The molecule has 0 amide bonds. The Morgan fingerprint density at radius 1 is 1.00 bits per heavy atom. The Morgan fingerprint density at radius 2 is 1.47 bits per heavy atom. The Labute approximate surface area is 115 Å². The lowest BCUT2D eigenvalue weighted by Crippen LogP contribution is -2.17. The van der Waals surface area contributed by atoms with Gasteiger partial charge in [-0.25, -0.2) is 4.57 Å². The van der Waals surface area contributed by atoms with Crippen LogP contribution in [-0.4, -0.2) is 40.6 Å². The summed E-state index contributed by atoms with van der Waals surface area (Å²) in [6.45, 7) is 6.59. The summed E-state index contributed by atoms with van der Waals surface area (Å²) >= 11 is 0. The Bertz CT molecular complexity index is 332. The average molecular weight is 318 g/mol. The first-order chi connectivity index (χ1) is 8.89. The zero-order valence-electron chi connectivity index (χ0n) is 11.7. The van der Waals surface area contributed by atoms with Gasteiger partial charge >= 0.3 is 7.82 Å². The molecule has 0 aromatic rings. The van der Waals surface area contributed by atoms with E-state index in [1.54, 1.807) is 20.8 Å². The van der Waals surface area contributed by atoms with Crippen LogP contribution in [0.4, 0.5) is 0 Å². The van der Waals surface area contributed by atoms with Crippen molar-refractivity contribution in [2.75, 3.05) is 32.2 Å². The second-order valence-electron chi connectivity index (χ2n) is 3.49. The molecule has 7 nitrogen and oxygen atoms in total. The normalized spacial score (nSPS) is 18.5. The maximum absolute atomic E-state index is 11.3. The van der Waals surface area contributed by atoms with Crippen molar-refractivity contribution in [3.63, 3.8) is 0 Å². The molecule has 1 rings (SSSR count). The summed E-state index contributed by atoms with van der Waals surface area (Å²) in [6.07, 6.45) is 1.63. The summed E-state index contributed by atoms with van der Waals surface area (Å²) in [5, 5.41) is 0. The molecule has 0 atom stereocenters. The molecule has 1 saturated heterocycles. The number of phosphoric acid groups is 1. The highest BCUT2D eigenvalue weighted by molar-refractivity contribution is 7.86. The molecule has 9 heteroatoms. The second-order valence-corrected chi connectivity index (χ2v) is 6.92. The van der Waals surface area contributed by atoms with Crippen molar-refractivity contribution < 1.29 is 30.7 Å². The van der Waals surface area contributed by atoms with Crippen molar-refractivity contribution in [1.82, 2.24) is 0 Å². The Hall–Kier alpha value is 0.0200. The maximum atomic E-state index is 11.3. The van der Waals surface area contributed by atoms with Gasteiger partial charge in [0.1, 0.15) is 0 Å². The van der Waals surface area contributed by atoms with Crippen LogP contribution in [0, 0.1) is 0 Å². The molecule has 1 fully saturated rings. The molecule has 1 heterocycles. The number of hydrogen-bond donors (Lipinski definition) is 0. The SMILES string of the molecule is CCOP(=O)(OCC)OCC.O=S1(=O)CCCCO1. The summed E-state index contributed by atoms with van der Waals surface area (Å²) in [7, 11) is -6.30. The zero-order chi connectivity index (χ0) is 14.8. The molecule has 0 N–H and O–H groups in total. The van der Waals surface area contributed by atoms with E-state index in [0.717, 1.165) is 12.8 Å². The smallest absolute Gasteiger partial charge is 0.287 e. The van der Waals surface area contributed by atoms with Crippen LogP contribution in [0.1, 0.15) is 33.6 Å². The highest BCUT2D eigenvalue weighted by Gasteiger charge is 2.23. The van der Waals surface area contributed by atoms with Crippen LogP contribution in [0.2, 0.25) is 0 Å². The molecule has 0 radical (unpaired) electrons. The van der Waals surface area contributed by atoms with E-state index in [2.05, 4.69) is 4.18 Å². The number of phosphoric ester groups is 1. The van der Waals surface area contributed by atoms with Crippen molar-refractivity contribution in [2.24, 2.45) is 0 Å². The van der Waals surface area contributed by atoms with Crippen LogP contribution >= 0.6 is 7.82 Å². The third-order valence-corrected chi connectivity index (χ3v) is 4.95. The van der Waals surface area contributed by atoms with Crippen molar-refractivity contribution >= 4 is 17.9 Å². The summed E-state index contributed by atoms with van der Waals surface area (Å²) in [4.78, 5) is 0. The lowest BCUT2D eigenvalue weighted by molar-refractivity contribution is 0.126. The monoisotopic (exact) mass is 318 g/mol. The van der Waals surface area contributed by atoms with E-state index in [-0.39, 0.29) is 5.75 Å². The Kier molecular flexibility index (Phi) is 9.86. The molecule has 0 bridgehead atoms. The first-order valence-electron chi connectivity index (χ1n) is 6.29. The molecule has 1 aliphatic heterocycles. The van der Waals surface area contributed by atoms with E-state index in [4.69, 9.17) is 13.6 Å². The first-order valence-corrected chi connectivity index (χ1v) is 9.33. The van der Waals surface area contributed by atoms with Gasteiger partial charge in [-0.2, -0.15) is 8.42 Å². The lowest BCUT2D eigenvalue weighted by Gasteiger charge is -2.14. The predicted octanol–water partition coefficient (Wildman–Crippen LogP) is 2.33. The quantitative estimate of drug-likeness (QED) is 0.548. The van der Waals surface area contributed by atoms with Crippen LogP contribution in [0.3, 0.4) is 0 Å². The molecule has 116 valence electrons. The zero-order valence-corrected chi connectivity index (χ0v) is 13.4. The molecule has 1 aliphatic rings. The summed E-state index contributed by atoms with van der Waals surface area (Å²) in [5.41, 5.74) is 0. The van der Waals surface area contributed by atoms with Gasteiger partial charge in [0.2, 0.25) is 0 Å². The van der Waals surface area contributed by atoms with Crippen LogP contribution in [0.15, 0.2) is 0 Å². The highest BCUT2D eigenvalue weighted by atomic mass is 32.2. The Morgan fingerprint density at radius 3 is 1.68 bits per heavy atom. The van der Waals surface area contributed by atoms with Gasteiger partial charge in [0.05, 0.1) is 32.2 Å². The minimum absolute atomic E-state index is 0.201. The fraction of sp³-hybridized carbons (Fsp3) is 1.00. The van der Waals surface area contributed by atoms with Gasteiger partial charge in [0, 0.05) is 0 Å². The van der Waals surface area contributed by atoms with E-state index in [1.807, 2.05) is 0 Å². The van der Waals surface area contributed by atoms with E-state index in [1.165, 1.54) is 0 Å². The molecular formula is C10H23O7PS. The largest absolute Gasteiger partial charge is 0.474 e. The van der Waals surface area contributed by atoms with Gasteiger partial charge in [-0.15, -0.1) is 0 Å². The topological polar surface area (TPSA) is 88.1 Å². The van der Waals surface area contributed by atoms with Crippen LogP contribution in [-0.2, 0) is 32.4 Å². The third kappa shape index (κ3) is 9.54. The molecule has 0 saturated carbocycles. The minimum Gasteiger partial charge on any atom is -0.287 e. The van der Waals surface area contributed by atoms with Gasteiger partial charge in [-0.1, -0.05) is 0 Å². The molecule has 0 unspecified atom stereocenters. The van der Waals surface area contributed by atoms with Crippen LogP contribution in [0.5, 0.6) is 0 Å². The molecule has 19 heavy (non-hydrogen) atoms. The van der Waals surface area contributed by atoms with E-state index in [0.29, 0.717) is 26.4 Å². The standard InChI is InChI=1S/C6H15O4P.C4H8O3S/c1-4-8-11(7,9-5-2)10-6-3;5-8(6)4-2-1-3-7-8/h4-6H2,1-3H3;1-4H2. The Balaban J connectivity index is 0.000000356. The van der Waals surface area contributed by atoms with Crippen molar-refractivity contribution in [2.45, 2.75) is 33.6 Å². The maximum Gasteiger partial charge on any atom is 0.474 e. The first kappa shape index (κ1) is 19.0. The summed E-state index contributed by atoms with van der Waals surface area (Å²) < 4.78 is 51.1. The molecular weight excluding hydrogens is 295 g/mol. The fourth-order valence-electron chi connectivity index (χ4n) is 1.21. The summed E-state index contributed by atoms with van der Waals surface area (Å²) in [5.74, 6) is 0.201. The second kappa shape index (κ2) is 9.85. The molecule has 0 spiro atoms. The predicted molar refractivity (Wildman–Crippen MR) is 71.5 cm³/mol. The molecule has 0 aromatic heterocycles. The lowest BCUT2D eigenvalue weighted by atomic mass is 10.4. The van der Waals surface area contributed by atoms with E-state index in [9.17, 15) is 13.0 Å². The van der Waals surface area contributed by atoms with Crippen molar-refractivity contribution in [1.29, 1.82) is 0 Å². The van der Waals surface area contributed by atoms with Gasteiger partial charge in [0.25, 0.3) is 10.1 Å². The van der Waals surface area contributed by atoms with Crippen LogP contribution < -0.4 is 0 Å². The fourth-order valence-corrected chi connectivity index (χ4v) is 3.43. The minimum atomic E-state index is -3.22. The van der Waals surface area contributed by atoms with Gasteiger partial charge in [-0.05, 0) is 33.6 Å². The van der Waals surface area contributed by atoms with Gasteiger partial charge < -0.3 is 0 Å². The summed E-state index contributed by atoms with van der Waals surface area (Å²) in [6, 6.07) is 0. The van der Waals surface area contributed by atoms with Crippen molar-refractivity contribution in [3.8, 4) is 0 Å². The third-order valence-electron chi connectivity index (χ3n) is 1.91. The van der Waals surface area contributed by atoms with Crippen LogP contribution in [0.25, 0.3) is 0 Å². The van der Waals surface area contributed by atoms with Crippen molar-refractivity contribution in [3.05, 3.63) is 0 Å². The molecule has 0 aromatic carbocycles. The van der Waals surface area contributed by atoms with Gasteiger partial charge in [0.15, 0.2) is 0 Å². The number of hydrogen-bond acceptors (Lipinski definition) is 7.